The monoisotopic (exact) mass is 404 g/mol. The summed E-state index contributed by atoms with van der Waals surface area (Å²) in [6, 6.07) is 12.4. The maximum Gasteiger partial charge on any atom is 0.268 e. The van der Waals surface area contributed by atoms with Crippen LogP contribution in [0.5, 0.6) is 0 Å². The van der Waals surface area contributed by atoms with Crippen molar-refractivity contribution >= 4 is 17.4 Å². The molecule has 0 saturated heterocycles. The quantitative estimate of drug-likeness (QED) is 0.705. The van der Waals surface area contributed by atoms with Crippen LogP contribution in [-0.4, -0.2) is 16.3 Å². The molecule has 152 valence electrons. The molecule has 2 aromatic carbocycles. The zero-order valence-electron chi connectivity index (χ0n) is 16.8. The number of nitrogens with one attached hydrogen (secondary N) is 1. The molecule has 1 aliphatic rings. The predicted molar refractivity (Wildman–Crippen MR) is 113 cm³/mol. The Balaban J connectivity index is 1.86. The van der Waals surface area contributed by atoms with Gasteiger partial charge in [0.05, 0.1) is 0 Å². The zero-order chi connectivity index (χ0) is 21.4. The van der Waals surface area contributed by atoms with E-state index < -0.39 is 17.3 Å². The average Bonchev–Trinajstić information content (AvgIpc) is 2.71. The van der Waals surface area contributed by atoms with Crippen LogP contribution in [-0.2, 0) is 6.42 Å². The van der Waals surface area contributed by atoms with Crippen molar-refractivity contribution in [3.05, 3.63) is 92.6 Å². The summed E-state index contributed by atoms with van der Waals surface area (Å²) in [4.78, 5) is 38.9. The number of pyridine rings is 1. The van der Waals surface area contributed by atoms with Crippen LogP contribution in [0.3, 0.4) is 0 Å². The van der Waals surface area contributed by atoms with Gasteiger partial charge < -0.3 is 5.32 Å². The number of benzene rings is 2. The Morgan fingerprint density at radius 1 is 1.00 bits per heavy atom. The minimum absolute atomic E-state index is 0.104. The van der Waals surface area contributed by atoms with E-state index in [1.54, 1.807) is 6.07 Å². The molecule has 0 radical (unpaired) electrons. The molecule has 1 aromatic heterocycles. The number of aromatic nitrogens is 1. The van der Waals surface area contributed by atoms with Gasteiger partial charge in [-0.25, -0.2) is 4.39 Å². The van der Waals surface area contributed by atoms with Crippen LogP contribution in [0, 0.1) is 19.7 Å². The molecule has 5 nitrogen and oxygen atoms in total. The lowest BCUT2D eigenvalue weighted by molar-refractivity contribution is 0.0971. The Labute approximate surface area is 173 Å². The molecule has 0 aliphatic heterocycles. The maximum absolute atomic E-state index is 13.4. The third-order valence-corrected chi connectivity index (χ3v) is 5.38. The molecule has 6 heteroatoms. The van der Waals surface area contributed by atoms with E-state index in [-0.39, 0.29) is 11.3 Å². The van der Waals surface area contributed by atoms with Crippen molar-refractivity contribution in [1.82, 2.24) is 4.57 Å². The number of halogens is 1. The molecular weight excluding hydrogens is 383 g/mol. The highest BCUT2D eigenvalue weighted by molar-refractivity contribution is 6.07. The van der Waals surface area contributed by atoms with E-state index in [4.69, 9.17) is 0 Å². The second-order valence-corrected chi connectivity index (χ2v) is 7.58. The number of rotatable bonds is 3. The second-order valence-electron chi connectivity index (χ2n) is 7.58. The molecule has 3 aromatic rings. The second kappa shape index (κ2) is 7.71. The van der Waals surface area contributed by atoms with Crippen molar-refractivity contribution in [3.63, 3.8) is 0 Å². The number of carbonyl (C=O) groups excluding carboxylic acids is 2. The first-order chi connectivity index (χ1) is 14.3. The van der Waals surface area contributed by atoms with E-state index in [1.807, 2.05) is 26.0 Å². The van der Waals surface area contributed by atoms with Gasteiger partial charge in [-0.15, -0.1) is 0 Å². The number of ketones is 1. The van der Waals surface area contributed by atoms with Crippen LogP contribution in [0.25, 0.3) is 5.69 Å². The Kier molecular flexibility index (Phi) is 5.08. The fourth-order valence-corrected chi connectivity index (χ4v) is 3.86. The van der Waals surface area contributed by atoms with E-state index >= 15 is 0 Å². The minimum Gasteiger partial charge on any atom is -0.322 e. The number of hydrogen-bond acceptors (Lipinski definition) is 3. The third kappa shape index (κ3) is 3.56. The smallest absolute Gasteiger partial charge is 0.268 e. The summed E-state index contributed by atoms with van der Waals surface area (Å²) in [5.74, 6) is -1.11. The van der Waals surface area contributed by atoms with Crippen LogP contribution in [0.1, 0.15) is 50.4 Å². The van der Waals surface area contributed by atoms with Gasteiger partial charge in [-0.05, 0) is 68.7 Å². The van der Waals surface area contributed by atoms with Crippen LogP contribution in [0.2, 0.25) is 0 Å². The molecule has 1 aliphatic carbocycles. The summed E-state index contributed by atoms with van der Waals surface area (Å²) in [5, 5.41) is 2.78. The molecule has 0 fully saturated rings. The molecule has 1 amide bonds. The summed E-state index contributed by atoms with van der Waals surface area (Å²) in [5.41, 5.74) is 3.24. The highest BCUT2D eigenvalue weighted by Gasteiger charge is 2.26. The van der Waals surface area contributed by atoms with Gasteiger partial charge in [0.1, 0.15) is 11.4 Å². The first-order valence-corrected chi connectivity index (χ1v) is 9.82. The highest BCUT2D eigenvalue weighted by Crippen LogP contribution is 2.24. The fraction of sp³-hybridized carbons (Fsp3) is 0.208. The minimum atomic E-state index is -0.580. The largest absolute Gasteiger partial charge is 0.322 e. The molecule has 0 atom stereocenters. The summed E-state index contributed by atoms with van der Waals surface area (Å²) < 4.78 is 14.8. The topological polar surface area (TPSA) is 68.2 Å². The Morgan fingerprint density at radius 3 is 2.43 bits per heavy atom. The maximum atomic E-state index is 13.4. The molecule has 0 unspecified atom stereocenters. The number of carbonyl (C=O) groups is 2. The molecule has 0 saturated carbocycles. The van der Waals surface area contributed by atoms with Crippen molar-refractivity contribution in [2.75, 3.05) is 5.32 Å². The molecule has 1 heterocycles. The summed E-state index contributed by atoms with van der Waals surface area (Å²) >= 11 is 0. The number of nitrogens with zero attached hydrogens (tertiary/aromatic N) is 1. The Bertz CT molecular complexity index is 1230. The number of amides is 1. The van der Waals surface area contributed by atoms with Crippen LogP contribution >= 0.6 is 0 Å². The van der Waals surface area contributed by atoms with Crippen LogP contribution in [0.4, 0.5) is 10.1 Å². The lowest BCUT2D eigenvalue weighted by atomic mass is 9.92. The third-order valence-electron chi connectivity index (χ3n) is 5.38. The van der Waals surface area contributed by atoms with Gasteiger partial charge in [0.2, 0.25) is 0 Å². The molecule has 0 bridgehead atoms. The molecule has 4 rings (SSSR count). The molecular formula is C24H21FN2O3. The first-order valence-electron chi connectivity index (χ1n) is 9.82. The number of anilines is 1. The molecule has 30 heavy (non-hydrogen) atoms. The summed E-state index contributed by atoms with van der Waals surface area (Å²) in [6.45, 7) is 3.82. The Morgan fingerprint density at radius 2 is 1.73 bits per heavy atom. The summed E-state index contributed by atoms with van der Waals surface area (Å²) in [7, 11) is 0. The van der Waals surface area contributed by atoms with E-state index in [0.29, 0.717) is 41.9 Å². The average molecular weight is 404 g/mol. The van der Waals surface area contributed by atoms with Gasteiger partial charge in [-0.3, -0.25) is 19.0 Å². The first kappa shape index (κ1) is 19.8. The number of fused-ring (bicyclic) bond motifs is 1. The van der Waals surface area contributed by atoms with Gasteiger partial charge in [-0.1, -0.05) is 17.7 Å². The number of hydrogen-bond donors (Lipinski definition) is 1. The standard InChI is InChI=1S/C24H21FN2O3/c1-14-6-11-20(15(2)12-14)26-23(29)19-13-18-21(4-3-5-22(18)28)27(24(19)30)17-9-7-16(25)8-10-17/h6-13H,3-5H2,1-2H3,(H,26,29). The van der Waals surface area contributed by atoms with E-state index in [0.717, 1.165) is 11.1 Å². The lowest BCUT2D eigenvalue weighted by Crippen LogP contribution is -2.33. The van der Waals surface area contributed by atoms with Crippen molar-refractivity contribution < 1.29 is 14.0 Å². The van der Waals surface area contributed by atoms with Gasteiger partial charge in [0.15, 0.2) is 5.78 Å². The lowest BCUT2D eigenvalue weighted by Gasteiger charge is -2.21. The van der Waals surface area contributed by atoms with E-state index in [1.165, 1.54) is 34.9 Å². The van der Waals surface area contributed by atoms with Crippen LogP contribution < -0.4 is 10.9 Å². The van der Waals surface area contributed by atoms with E-state index in [9.17, 15) is 18.8 Å². The van der Waals surface area contributed by atoms with Crippen molar-refractivity contribution in [2.24, 2.45) is 0 Å². The SMILES string of the molecule is Cc1ccc(NC(=O)c2cc3c(n(-c4ccc(F)cc4)c2=O)CCCC3=O)c(C)c1. The Hall–Kier alpha value is -3.54. The number of aryl methyl sites for hydroxylation is 2. The highest BCUT2D eigenvalue weighted by atomic mass is 19.1. The van der Waals surface area contributed by atoms with Gasteiger partial charge >= 0.3 is 0 Å². The summed E-state index contributed by atoms with van der Waals surface area (Å²) in [6.07, 6.45) is 1.53. The van der Waals surface area contributed by atoms with Crippen molar-refractivity contribution in [1.29, 1.82) is 0 Å². The number of Topliss-reactive ketones (excluding diaryl/α,β-unsaturated/α-hetero) is 1. The fourth-order valence-electron chi connectivity index (χ4n) is 3.86. The normalized spacial score (nSPS) is 13.1. The predicted octanol–water partition coefficient (Wildman–Crippen LogP) is 4.36. The molecule has 0 spiro atoms. The van der Waals surface area contributed by atoms with Crippen molar-refractivity contribution in [3.8, 4) is 5.69 Å². The van der Waals surface area contributed by atoms with E-state index in [2.05, 4.69) is 5.32 Å². The molecule has 1 N–H and O–H groups in total. The van der Waals surface area contributed by atoms with Gasteiger partial charge in [0.25, 0.3) is 11.5 Å². The van der Waals surface area contributed by atoms with Crippen LogP contribution in [0.15, 0.2) is 53.3 Å². The zero-order valence-corrected chi connectivity index (χ0v) is 16.8. The van der Waals surface area contributed by atoms with Gasteiger partial charge in [-0.2, -0.15) is 0 Å². The van der Waals surface area contributed by atoms with Gasteiger partial charge in [0, 0.05) is 29.1 Å². The van der Waals surface area contributed by atoms with Crippen molar-refractivity contribution in [2.45, 2.75) is 33.1 Å².